The molecule has 0 radical (unpaired) electrons. The molecule has 74 valence electrons. The second-order valence-electron chi connectivity index (χ2n) is 2.73. The Morgan fingerprint density at radius 3 is 2.93 bits per heavy atom. The molecular weight excluding hydrogens is 207 g/mol. The third-order valence-electron chi connectivity index (χ3n) is 1.63. The van der Waals surface area contributed by atoms with E-state index in [1.54, 1.807) is 5.38 Å². The maximum absolute atomic E-state index is 13.1. The lowest BCUT2D eigenvalue weighted by molar-refractivity contribution is 0.184. The van der Waals surface area contributed by atoms with Crippen molar-refractivity contribution in [1.82, 2.24) is 10.1 Å². The van der Waals surface area contributed by atoms with Gasteiger partial charge in [-0.3, -0.25) is 0 Å². The zero-order chi connectivity index (χ0) is 10.1. The highest BCUT2D eigenvalue weighted by Crippen LogP contribution is 2.27. The Balaban J connectivity index is 2.39. The summed E-state index contributed by atoms with van der Waals surface area (Å²) in [7, 11) is 0. The van der Waals surface area contributed by atoms with Gasteiger partial charge in [-0.1, -0.05) is 5.16 Å². The highest BCUT2D eigenvalue weighted by atomic mass is 32.1. The number of aliphatic hydroxyl groups is 1. The number of thiophene rings is 1. The molecule has 0 bridgehead atoms. The molecule has 2 aromatic rings. The molecule has 0 aliphatic heterocycles. The van der Waals surface area contributed by atoms with Crippen molar-refractivity contribution in [3.05, 3.63) is 23.1 Å². The van der Waals surface area contributed by atoms with Gasteiger partial charge >= 0.3 is 0 Å². The van der Waals surface area contributed by atoms with Crippen molar-refractivity contribution in [2.75, 3.05) is 0 Å². The molecule has 4 nitrogen and oxygen atoms in total. The third kappa shape index (κ3) is 1.53. The van der Waals surface area contributed by atoms with E-state index >= 15 is 0 Å². The fourth-order valence-electron chi connectivity index (χ4n) is 0.943. The van der Waals surface area contributed by atoms with Gasteiger partial charge in [-0.15, -0.1) is 11.3 Å². The van der Waals surface area contributed by atoms with Crippen LogP contribution in [-0.4, -0.2) is 15.2 Å². The molecule has 0 aromatic carbocycles. The van der Waals surface area contributed by atoms with Crippen molar-refractivity contribution in [3.63, 3.8) is 0 Å². The van der Waals surface area contributed by atoms with E-state index in [4.69, 9.17) is 9.63 Å². The van der Waals surface area contributed by atoms with Gasteiger partial charge in [0.2, 0.25) is 0 Å². The Hall–Kier alpha value is -1.27. The van der Waals surface area contributed by atoms with E-state index < -0.39 is 11.9 Å². The number of nitrogens with zero attached hydrogens (tertiary/aromatic N) is 2. The van der Waals surface area contributed by atoms with Gasteiger partial charge in [-0.2, -0.15) is 4.98 Å². The molecule has 1 atom stereocenters. The molecule has 2 aromatic heterocycles. The fourth-order valence-corrected chi connectivity index (χ4v) is 1.63. The topological polar surface area (TPSA) is 59.2 Å². The molecule has 2 rings (SSSR count). The Morgan fingerprint density at radius 2 is 2.43 bits per heavy atom. The largest absolute Gasteiger partial charge is 0.385 e. The Bertz CT molecular complexity index is 438. The second kappa shape index (κ2) is 3.47. The number of rotatable bonds is 2. The molecule has 14 heavy (non-hydrogen) atoms. The molecule has 0 aliphatic carbocycles. The van der Waals surface area contributed by atoms with Crippen LogP contribution >= 0.6 is 11.3 Å². The van der Waals surface area contributed by atoms with Crippen LogP contribution in [0.2, 0.25) is 0 Å². The first-order valence-electron chi connectivity index (χ1n) is 3.93. The molecule has 0 spiro atoms. The highest BCUT2D eigenvalue weighted by molar-refractivity contribution is 7.13. The summed E-state index contributed by atoms with van der Waals surface area (Å²) in [5, 5.41) is 14.2. The number of hydrogen-bond acceptors (Lipinski definition) is 5. The summed E-state index contributed by atoms with van der Waals surface area (Å²) in [6, 6.07) is 1.33. The molecular formula is C8H7FN2O2S. The molecule has 1 unspecified atom stereocenters. The van der Waals surface area contributed by atoms with Crippen molar-refractivity contribution >= 4 is 11.3 Å². The average molecular weight is 214 g/mol. The molecule has 0 fully saturated rings. The lowest BCUT2D eigenvalue weighted by atomic mass is 10.4. The third-order valence-corrected chi connectivity index (χ3v) is 2.50. The van der Waals surface area contributed by atoms with Crippen LogP contribution in [0.4, 0.5) is 4.39 Å². The molecule has 2 heterocycles. The smallest absolute Gasteiger partial charge is 0.271 e. The zero-order valence-corrected chi connectivity index (χ0v) is 8.08. The van der Waals surface area contributed by atoms with E-state index in [1.807, 2.05) is 0 Å². The van der Waals surface area contributed by atoms with Crippen LogP contribution in [0.25, 0.3) is 10.8 Å². The van der Waals surface area contributed by atoms with Crippen LogP contribution in [0.3, 0.4) is 0 Å². The average Bonchev–Trinajstić information content (AvgIpc) is 2.71. The van der Waals surface area contributed by atoms with E-state index in [0.717, 1.165) is 0 Å². The van der Waals surface area contributed by atoms with Gasteiger partial charge in [-0.25, -0.2) is 4.39 Å². The quantitative estimate of drug-likeness (QED) is 0.830. The number of hydrogen-bond donors (Lipinski definition) is 1. The first-order chi connectivity index (χ1) is 6.68. The number of aromatic nitrogens is 2. The summed E-state index contributed by atoms with van der Waals surface area (Å²) < 4.78 is 17.9. The van der Waals surface area contributed by atoms with Crippen LogP contribution in [0.5, 0.6) is 0 Å². The summed E-state index contributed by atoms with van der Waals surface area (Å²) in [4.78, 5) is 4.15. The normalized spacial score (nSPS) is 13.1. The number of halogens is 1. The minimum Gasteiger partial charge on any atom is -0.385 e. The minimum atomic E-state index is -0.810. The van der Waals surface area contributed by atoms with Crippen LogP contribution in [0.15, 0.2) is 16.0 Å². The maximum atomic E-state index is 13.1. The summed E-state index contributed by atoms with van der Waals surface area (Å²) in [6.45, 7) is 1.51. The zero-order valence-electron chi connectivity index (χ0n) is 7.27. The summed E-state index contributed by atoms with van der Waals surface area (Å²) in [5.41, 5.74) is 0. The van der Waals surface area contributed by atoms with Gasteiger partial charge in [-0.05, 0) is 18.4 Å². The van der Waals surface area contributed by atoms with E-state index in [9.17, 15) is 4.39 Å². The van der Waals surface area contributed by atoms with Crippen molar-refractivity contribution in [1.29, 1.82) is 0 Å². The highest BCUT2D eigenvalue weighted by Gasteiger charge is 2.16. The van der Waals surface area contributed by atoms with Crippen LogP contribution in [-0.2, 0) is 0 Å². The van der Waals surface area contributed by atoms with Crippen molar-refractivity contribution in [3.8, 4) is 10.8 Å². The SMILES string of the molecule is CC(O)c1noc(-c2sccc2F)n1. The predicted molar refractivity (Wildman–Crippen MR) is 48.2 cm³/mol. The minimum absolute atomic E-state index is 0.105. The summed E-state index contributed by atoms with van der Waals surface area (Å²) >= 11 is 1.17. The monoisotopic (exact) mass is 214 g/mol. The van der Waals surface area contributed by atoms with Gasteiger partial charge < -0.3 is 9.63 Å². The van der Waals surface area contributed by atoms with Gasteiger partial charge in [0, 0.05) is 0 Å². The van der Waals surface area contributed by atoms with Crippen molar-refractivity contribution < 1.29 is 14.0 Å². The van der Waals surface area contributed by atoms with E-state index in [1.165, 1.54) is 24.3 Å². The molecule has 0 saturated carbocycles. The fraction of sp³-hybridized carbons (Fsp3) is 0.250. The number of aliphatic hydroxyl groups excluding tert-OH is 1. The maximum Gasteiger partial charge on any atom is 0.271 e. The summed E-state index contributed by atoms with van der Waals surface area (Å²) in [5.74, 6) is -0.128. The predicted octanol–water partition coefficient (Wildman–Crippen LogP) is 1.99. The van der Waals surface area contributed by atoms with E-state index in [0.29, 0.717) is 4.88 Å². The van der Waals surface area contributed by atoms with Crippen molar-refractivity contribution in [2.24, 2.45) is 0 Å². The first-order valence-corrected chi connectivity index (χ1v) is 4.81. The molecule has 6 heteroatoms. The molecule has 0 saturated heterocycles. The first kappa shape index (κ1) is 9.29. The Kier molecular flexibility index (Phi) is 2.30. The van der Waals surface area contributed by atoms with Crippen molar-refractivity contribution in [2.45, 2.75) is 13.0 Å². The molecule has 0 aliphatic rings. The summed E-state index contributed by atoms with van der Waals surface area (Å²) in [6.07, 6.45) is -0.810. The second-order valence-corrected chi connectivity index (χ2v) is 3.65. The molecule has 0 amide bonds. The van der Waals surface area contributed by atoms with Crippen LogP contribution in [0, 0.1) is 5.82 Å². The Labute approximate surface area is 83.0 Å². The van der Waals surface area contributed by atoms with Gasteiger partial charge in [0.25, 0.3) is 5.89 Å². The van der Waals surface area contributed by atoms with Gasteiger partial charge in [0.05, 0.1) is 0 Å². The van der Waals surface area contributed by atoms with Crippen LogP contribution < -0.4 is 0 Å². The molecule has 1 N–H and O–H groups in total. The van der Waals surface area contributed by atoms with E-state index in [2.05, 4.69) is 10.1 Å². The van der Waals surface area contributed by atoms with Crippen LogP contribution in [0.1, 0.15) is 18.9 Å². The lowest BCUT2D eigenvalue weighted by Gasteiger charge is -1.91. The van der Waals surface area contributed by atoms with Gasteiger partial charge in [0.1, 0.15) is 16.8 Å². The lowest BCUT2D eigenvalue weighted by Crippen LogP contribution is -1.92. The van der Waals surface area contributed by atoms with E-state index in [-0.39, 0.29) is 11.7 Å². The Morgan fingerprint density at radius 1 is 1.64 bits per heavy atom. The van der Waals surface area contributed by atoms with Gasteiger partial charge in [0.15, 0.2) is 5.82 Å². The standard InChI is InChI=1S/C8H7FN2O2S/c1-4(12)7-10-8(13-11-7)6-5(9)2-3-14-6/h2-4,12H,1H3.